The highest BCUT2D eigenvalue weighted by molar-refractivity contribution is 7.89. The van der Waals surface area contributed by atoms with Crippen molar-refractivity contribution in [3.63, 3.8) is 0 Å². The van der Waals surface area contributed by atoms with Crippen LogP contribution in [-0.2, 0) is 14.8 Å². The molecule has 0 spiro atoms. The van der Waals surface area contributed by atoms with E-state index in [4.69, 9.17) is 4.74 Å². The molecule has 6 nitrogen and oxygen atoms in total. The summed E-state index contributed by atoms with van der Waals surface area (Å²) in [6.07, 6.45) is 3.40. The van der Waals surface area contributed by atoms with E-state index >= 15 is 0 Å². The van der Waals surface area contributed by atoms with E-state index in [1.54, 1.807) is 16.7 Å². The van der Waals surface area contributed by atoms with Gasteiger partial charge < -0.3 is 10.1 Å². The molecule has 19 heavy (non-hydrogen) atoms. The van der Waals surface area contributed by atoms with Crippen molar-refractivity contribution in [1.29, 1.82) is 0 Å². The van der Waals surface area contributed by atoms with Gasteiger partial charge in [0.15, 0.2) is 0 Å². The van der Waals surface area contributed by atoms with Crippen LogP contribution in [0.15, 0.2) is 24.5 Å². The maximum absolute atomic E-state index is 12.3. The van der Waals surface area contributed by atoms with Gasteiger partial charge in [-0.25, -0.2) is 8.42 Å². The summed E-state index contributed by atoms with van der Waals surface area (Å²) in [5.41, 5.74) is 0.913. The first kappa shape index (κ1) is 14.4. The highest BCUT2D eigenvalue weighted by atomic mass is 32.2. The Labute approximate surface area is 113 Å². The van der Waals surface area contributed by atoms with Gasteiger partial charge in [0.25, 0.3) is 0 Å². The van der Waals surface area contributed by atoms with Crippen LogP contribution in [0.4, 0.5) is 0 Å². The molecule has 1 unspecified atom stereocenters. The number of sulfonamides is 1. The summed E-state index contributed by atoms with van der Waals surface area (Å²) >= 11 is 0. The van der Waals surface area contributed by atoms with Gasteiger partial charge >= 0.3 is 0 Å². The van der Waals surface area contributed by atoms with Gasteiger partial charge in [-0.1, -0.05) is 6.07 Å². The fraction of sp³-hybridized carbons (Fsp3) is 0.583. The molecule has 1 saturated heterocycles. The second-order valence-corrected chi connectivity index (χ2v) is 6.47. The summed E-state index contributed by atoms with van der Waals surface area (Å²) in [5.74, 6) is 0.0141. The largest absolute Gasteiger partial charge is 0.384 e. The molecule has 0 radical (unpaired) electrons. The minimum atomic E-state index is -3.30. The molecular weight excluding hydrogens is 266 g/mol. The van der Waals surface area contributed by atoms with Crippen molar-refractivity contribution in [2.75, 3.05) is 39.1 Å². The van der Waals surface area contributed by atoms with E-state index in [1.165, 1.54) is 7.11 Å². The third kappa shape index (κ3) is 3.50. The van der Waals surface area contributed by atoms with Crippen LogP contribution in [0, 0.1) is 0 Å². The summed E-state index contributed by atoms with van der Waals surface area (Å²) < 4.78 is 31.1. The van der Waals surface area contributed by atoms with E-state index in [0.717, 1.165) is 5.56 Å². The van der Waals surface area contributed by atoms with Crippen molar-refractivity contribution < 1.29 is 13.2 Å². The standard InChI is InChI=1S/C12H19N3O3S/c1-18-7-8-19(16,17)15-6-5-14-10-12(15)11-3-2-4-13-9-11/h2-4,9,12,14H,5-8,10H2,1H3. The van der Waals surface area contributed by atoms with Gasteiger partial charge in [-0.2, -0.15) is 4.31 Å². The molecule has 1 fully saturated rings. The molecule has 7 heteroatoms. The zero-order chi connectivity index (χ0) is 13.7. The number of hydrogen-bond acceptors (Lipinski definition) is 5. The van der Waals surface area contributed by atoms with E-state index in [2.05, 4.69) is 10.3 Å². The van der Waals surface area contributed by atoms with Gasteiger partial charge in [0.05, 0.1) is 18.4 Å². The maximum Gasteiger partial charge on any atom is 0.217 e. The van der Waals surface area contributed by atoms with E-state index in [9.17, 15) is 8.42 Å². The van der Waals surface area contributed by atoms with E-state index < -0.39 is 10.0 Å². The van der Waals surface area contributed by atoms with Crippen LogP contribution in [0.25, 0.3) is 0 Å². The average molecular weight is 285 g/mol. The minimum Gasteiger partial charge on any atom is -0.384 e. The number of aromatic nitrogens is 1. The van der Waals surface area contributed by atoms with Crippen LogP contribution in [-0.4, -0.2) is 56.8 Å². The molecule has 106 valence electrons. The molecule has 1 N–H and O–H groups in total. The van der Waals surface area contributed by atoms with Gasteiger partial charge in [-0.15, -0.1) is 0 Å². The third-order valence-corrected chi connectivity index (χ3v) is 5.00. The Kier molecular flexibility index (Phi) is 4.87. The normalized spacial score (nSPS) is 21.4. The highest BCUT2D eigenvalue weighted by Gasteiger charge is 2.32. The summed E-state index contributed by atoms with van der Waals surface area (Å²) in [6.45, 7) is 1.97. The van der Waals surface area contributed by atoms with Gasteiger partial charge in [0.2, 0.25) is 10.0 Å². The fourth-order valence-corrected chi connectivity index (χ4v) is 3.75. The first-order chi connectivity index (χ1) is 9.15. The number of pyridine rings is 1. The van der Waals surface area contributed by atoms with Crippen molar-refractivity contribution >= 4 is 10.0 Å². The number of hydrogen-bond donors (Lipinski definition) is 1. The predicted molar refractivity (Wildman–Crippen MR) is 72.2 cm³/mol. The van der Waals surface area contributed by atoms with Gasteiger partial charge in [0.1, 0.15) is 0 Å². The van der Waals surface area contributed by atoms with Crippen molar-refractivity contribution in [2.45, 2.75) is 6.04 Å². The lowest BCUT2D eigenvalue weighted by atomic mass is 10.1. The van der Waals surface area contributed by atoms with Gasteiger partial charge in [-0.3, -0.25) is 4.98 Å². The molecule has 1 aromatic heterocycles. The monoisotopic (exact) mass is 285 g/mol. The Morgan fingerprint density at radius 3 is 3.11 bits per heavy atom. The van der Waals surface area contributed by atoms with E-state index in [-0.39, 0.29) is 18.4 Å². The Balaban J connectivity index is 2.21. The third-order valence-electron chi connectivity index (χ3n) is 3.17. The second-order valence-electron chi connectivity index (χ2n) is 4.43. The number of nitrogens with zero attached hydrogens (tertiary/aromatic N) is 2. The predicted octanol–water partition coefficient (Wildman–Crippen LogP) is 0.00410. The fourth-order valence-electron chi connectivity index (χ4n) is 2.18. The lowest BCUT2D eigenvalue weighted by Crippen LogP contribution is -2.49. The first-order valence-corrected chi connectivity index (χ1v) is 7.85. The number of methoxy groups -OCH3 is 1. The molecule has 1 atom stereocenters. The first-order valence-electron chi connectivity index (χ1n) is 6.24. The summed E-state index contributed by atoms with van der Waals surface area (Å²) in [6, 6.07) is 3.54. The Morgan fingerprint density at radius 2 is 2.42 bits per heavy atom. The van der Waals surface area contributed by atoms with Crippen LogP contribution in [0.3, 0.4) is 0 Å². The van der Waals surface area contributed by atoms with Crippen molar-refractivity contribution in [3.8, 4) is 0 Å². The van der Waals surface area contributed by atoms with E-state index in [1.807, 2.05) is 12.1 Å². The van der Waals surface area contributed by atoms with Crippen LogP contribution in [0.2, 0.25) is 0 Å². The molecule has 0 aromatic carbocycles. The smallest absolute Gasteiger partial charge is 0.217 e. The Morgan fingerprint density at radius 1 is 1.58 bits per heavy atom. The number of nitrogens with one attached hydrogen (secondary N) is 1. The van der Waals surface area contributed by atoms with Crippen LogP contribution in [0.5, 0.6) is 0 Å². The molecule has 0 aliphatic carbocycles. The summed E-state index contributed by atoms with van der Waals surface area (Å²) in [7, 11) is -1.80. The quantitative estimate of drug-likeness (QED) is 0.825. The molecule has 1 aromatic rings. The molecule has 1 aliphatic heterocycles. The summed E-state index contributed by atoms with van der Waals surface area (Å²) in [4.78, 5) is 4.06. The second kappa shape index (κ2) is 6.42. The maximum atomic E-state index is 12.3. The highest BCUT2D eigenvalue weighted by Crippen LogP contribution is 2.24. The molecule has 2 heterocycles. The van der Waals surface area contributed by atoms with Gasteiger partial charge in [-0.05, 0) is 11.6 Å². The number of rotatable bonds is 5. The molecule has 0 amide bonds. The van der Waals surface area contributed by atoms with Crippen molar-refractivity contribution in [3.05, 3.63) is 30.1 Å². The average Bonchev–Trinajstić information content (AvgIpc) is 2.46. The van der Waals surface area contributed by atoms with Crippen LogP contribution >= 0.6 is 0 Å². The SMILES string of the molecule is COCCS(=O)(=O)N1CCNCC1c1cccnc1. The van der Waals surface area contributed by atoms with E-state index in [0.29, 0.717) is 19.6 Å². The molecule has 2 rings (SSSR count). The Bertz CT molecular complexity index is 492. The Hall–Kier alpha value is -1.02. The molecule has 0 bridgehead atoms. The minimum absolute atomic E-state index is 0.0141. The zero-order valence-electron chi connectivity index (χ0n) is 10.9. The van der Waals surface area contributed by atoms with Crippen molar-refractivity contribution in [2.24, 2.45) is 0 Å². The van der Waals surface area contributed by atoms with Crippen molar-refractivity contribution in [1.82, 2.24) is 14.6 Å². The zero-order valence-corrected chi connectivity index (χ0v) is 11.8. The molecule has 1 aliphatic rings. The number of ether oxygens (including phenoxy) is 1. The molecular formula is C12H19N3O3S. The lowest BCUT2D eigenvalue weighted by molar-refractivity contribution is 0.212. The molecule has 0 saturated carbocycles. The van der Waals surface area contributed by atoms with Crippen LogP contribution in [0.1, 0.15) is 11.6 Å². The number of piperazine rings is 1. The lowest BCUT2D eigenvalue weighted by Gasteiger charge is -2.35. The summed E-state index contributed by atoms with van der Waals surface area (Å²) in [5, 5.41) is 3.23. The van der Waals surface area contributed by atoms with Crippen LogP contribution < -0.4 is 5.32 Å². The topological polar surface area (TPSA) is 71.5 Å². The van der Waals surface area contributed by atoms with Gasteiger partial charge in [0, 0.05) is 39.1 Å².